The molecule has 0 saturated carbocycles. The second kappa shape index (κ2) is 5.24. The molecule has 1 aliphatic rings. The summed E-state index contributed by atoms with van der Waals surface area (Å²) in [5.74, 6) is 0. The fraction of sp³-hybridized carbons (Fsp3) is 0.286. The van der Waals surface area contributed by atoms with Gasteiger partial charge in [0.15, 0.2) is 5.71 Å². The van der Waals surface area contributed by atoms with Crippen LogP contribution in [0.4, 0.5) is 5.69 Å². The van der Waals surface area contributed by atoms with Crippen molar-refractivity contribution in [2.75, 3.05) is 7.05 Å². The highest BCUT2D eigenvalue weighted by Gasteiger charge is 2.44. The van der Waals surface area contributed by atoms with Crippen LogP contribution in [-0.2, 0) is 5.41 Å². The molecule has 0 aromatic heterocycles. The van der Waals surface area contributed by atoms with Crippen LogP contribution in [0.3, 0.4) is 0 Å². The molecule has 1 aliphatic heterocycles. The molecule has 0 amide bonds. The van der Waals surface area contributed by atoms with Gasteiger partial charge in [0.25, 0.3) is 0 Å². The zero-order valence-electron chi connectivity index (χ0n) is 14.1. The highest BCUT2D eigenvalue weighted by molar-refractivity contribution is 6.05. The molecule has 2 aromatic carbocycles. The SMILES string of the molecule is Cc1cc(C)c2c(c1)[N+](C)=C(C=Cc1ccccc1)C2(C)C. The van der Waals surface area contributed by atoms with Crippen molar-refractivity contribution in [3.05, 3.63) is 70.8 Å². The third-order valence-electron chi connectivity index (χ3n) is 4.68. The Bertz CT molecular complexity index is 777. The van der Waals surface area contributed by atoms with E-state index in [9.17, 15) is 0 Å². The molecule has 0 unspecified atom stereocenters. The molecule has 0 N–H and O–H groups in total. The summed E-state index contributed by atoms with van der Waals surface area (Å²) in [7, 11) is 2.18. The van der Waals surface area contributed by atoms with Gasteiger partial charge in [-0.3, -0.25) is 0 Å². The van der Waals surface area contributed by atoms with Gasteiger partial charge in [-0.2, -0.15) is 4.58 Å². The van der Waals surface area contributed by atoms with Crippen LogP contribution >= 0.6 is 0 Å². The molecule has 0 atom stereocenters. The van der Waals surface area contributed by atoms with Gasteiger partial charge in [0.1, 0.15) is 7.05 Å². The summed E-state index contributed by atoms with van der Waals surface area (Å²) in [6, 6.07) is 15.1. The molecule has 1 heteroatoms. The van der Waals surface area contributed by atoms with Crippen LogP contribution in [0.2, 0.25) is 0 Å². The summed E-state index contributed by atoms with van der Waals surface area (Å²) in [4.78, 5) is 0. The van der Waals surface area contributed by atoms with Crippen LogP contribution in [-0.4, -0.2) is 17.3 Å². The van der Waals surface area contributed by atoms with E-state index in [2.05, 4.69) is 93.9 Å². The van der Waals surface area contributed by atoms with Gasteiger partial charge < -0.3 is 0 Å². The average Bonchev–Trinajstić information content (AvgIpc) is 2.65. The molecule has 1 nitrogen and oxygen atoms in total. The Kier molecular flexibility index (Phi) is 3.52. The van der Waals surface area contributed by atoms with E-state index in [4.69, 9.17) is 0 Å². The molecule has 0 radical (unpaired) electrons. The third-order valence-corrected chi connectivity index (χ3v) is 4.68. The Morgan fingerprint density at radius 2 is 1.64 bits per heavy atom. The molecule has 22 heavy (non-hydrogen) atoms. The predicted molar refractivity (Wildman–Crippen MR) is 95.3 cm³/mol. The maximum absolute atomic E-state index is 2.34. The lowest BCUT2D eigenvalue weighted by molar-refractivity contribution is -0.401. The molecule has 0 spiro atoms. The van der Waals surface area contributed by atoms with E-state index < -0.39 is 0 Å². The number of nitrogens with zero attached hydrogens (tertiary/aromatic N) is 1. The van der Waals surface area contributed by atoms with Crippen LogP contribution < -0.4 is 0 Å². The highest BCUT2D eigenvalue weighted by atomic mass is 15.0. The smallest absolute Gasteiger partial charge is 0.198 e. The standard InChI is InChI=1S/C21H24N/c1-15-13-16(2)20-18(14-15)22(5)19(21(20,3)4)12-11-17-9-7-6-8-10-17/h6-14H,1-5H3/q+1. The van der Waals surface area contributed by atoms with Crippen LogP contribution in [0.1, 0.15) is 36.1 Å². The molecule has 1 heterocycles. The van der Waals surface area contributed by atoms with Gasteiger partial charge in [-0.05, 0) is 50.5 Å². The van der Waals surface area contributed by atoms with Crippen molar-refractivity contribution in [1.29, 1.82) is 0 Å². The molecule has 0 bridgehead atoms. The topological polar surface area (TPSA) is 3.01 Å². The minimum atomic E-state index is 0.0349. The summed E-state index contributed by atoms with van der Waals surface area (Å²) in [6.07, 6.45) is 4.48. The maximum atomic E-state index is 2.34. The summed E-state index contributed by atoms with van der Waals surface area (Å²) in [6.45, 7) is 9.04. The highest BCUT2D eigenvalue weighted by Crippen LogP contribution is 2.42. The molecule has 0 fully saturated rings. The van der Waals surface area contributed by atoms with Crippen molar-refractivity contribution >= 4 is 17.5 Å². The maximum Gasteiger partial charge on any atom is 0.210 e. The molecule has 0 aliphatic carbocycles. The van der Waals surface area contributed by atoms with Crippen LogP contribution in [0.25, 0.3) is 6.08 Å². The normalized spacial score (nSPS) is 16.4. The molecule has 112 valence electrons. The Morgan fingerprint density at radius 3 is 2.32 bits per heavy atom. The largest absolute Gasteiger partial charge is 0.210 e. The van der Waals surface area contributed by atoms with Crippen molar-refractivity contribution in [3.8, 4) is 0 Å². The minimum absolute atomic E-state index is 0.0349. The number of aryl methyl sites for hydroxylation is 2. The van der Waals surface area contributed by atoms with Gasteiger partial charge in [0, 0.05) is 17.7 Å². The van der Waals surface area contributed by atoms with Crippen LogP contribution in [0.5, 0.6) is 0 Å². The fourth-order valence-electron chi connectivity index (χ4n) is 3.76. The van der Waals surface area contributed by atoms with Gasteiger partial charge in [-0.15, -0.1) is 0 Å². The van der Waals surface area contributed by atoms with Crippen molar-refractivity contribution in [2.45, 2.75) is 33.1 Å². The van der Waals surface area contributed by atoms with E-state index in [0.717, 1.165) is 0 Å². The van der Waals surface area contributed by atoms with Crippen molar-refractivity contribution in [2.24, 2.45) is 0 Å². The van der Waals surface area contributed by atoms with Gasteiger partial charge in [0.05, 0.1) is 5.41 Å². The van der Waals surface area contributed by atoms with Crippen LogP contribution in [0, 0.1) is 13.8 Å². The first-order valence-electron chi connectivity index (χ1n) is 7.87. The second-order valence-corrected chi connectivity index (χ2v) is 6.79. The van der Waals surface area contributed by atoms with Gasteiger partial charge in [-0.1, -0.05) is 36.4 Å². The zero-order chi connectivity index (χ0) is 15.9. The molecule has 0 saturated heterocycles. The molecule has 3 rings (SSSR count). The van der Waals surface area contributed by atoms with Crippen molar-refractivity contribution in [1.82, 2.24) is 0 Å². The van der Waals surface area contributed by atoms with Crippen molar-refractivity contribution in [3.63, 3.8) is 0 Å². The summed E-state index contributed by atoms with van der Waals surface area (Å²) >= 11 is 0. The fourth-order valence-corrected chi connectivity index (χ4v) is 3.76. The molecular formula is C21H24N+. The lowest BCUT2D eigenvalue weighted by atomic mass is 9.79. The van der Waals surface area contributed by atoms with Crippen LogP contribution in [0.15, 0.2) is 48.5 Å². The second-order valence-electron chi connectivity index (χ2n) is 6.79. The first kappa shape index (κ1) is 14.8. The zero-order valence-corrected chi connectivity index (χ0v) is 14.1. The predicted octanol–water partition coefficient (Wildman–Crippen LogP) is 5.02. The van der Waals surface area contributed by atoms with E-state index in [0.29, 0.717) is 0 Å². The number of allylic oxidation sites excluding steroid dienone is 1. The Morgan fingerprint density at radius 1 is 0.955 bits per heavy atom. The van der Waals surface area contributed by atoms with Crippen molar-refractivity contribution < 1.29 is 4.58 Å². The monoisotopic (exact) mass is 290 g/mol. The number of hydrogen-bond donors (Lipinski definition) is 0. The number of rotatable bonds is 2. The summed E-state index contributed by atoms with van der Waals surface area (Å²) in [5, 5.41) is 0. The summed E-state index contributed by atoms with van der Waals surface area (Å²) in [5.41, 5.74) is 8.13. The number of fused-ring (bicyclic) bond motifs is 1. The number of benzene rings is 2. The Labute approximate surface area is 133 Å². The quantitative estimate of drug-likeness (QED) is 0.683. The molecule has 2 aromatic rings. The lowest BCUT2D eigenvalue weighted by Crippen LogP contribution is -2.27. The van der Waals surface area contributed by atoms with E-state index in [-0.39, 0.29) is 5.41 Å². The third kappa shape index (κ3) is 2.31. The van der Waals surface area contributed by atoms with E-state index in [1.807, 2.05) is 0 Å². The lowest BCUT2D eigenvalue weighted by Gasteiger charge is -2.18. The average molecular weight is 290 g/mol. The molecular weight excluding hydrogens is 266 g/mol. The van der Waals surface area contributed by atoms with E-state index >= 15 is 0 Å². The Balaban J connectivity index is 2.09. The van der Waals surface area contributed by atoms with E-state index in [1.165, 1.54) is 33.7 Å². The first-order valence-corrected chi connectivity index (χ1v) is 7.87. The van der Waals surface area contributed by atoms with E-state index in [1.54, 1.807) is 0 Å². The van der Waals surface area contributed by atoms with Gasteiger partial charge in [-0.25, -0.2) is 0 Å². The minimum Gasteiger partial charge on any atom is -0.198 e. The summed E-state index contributed by atoms with van der Waals surface area (Å²) < 4.78 is 2.34. The Hall–Kier alpha value is -2.15. The number of hydrogen-bond acceptors (Lipinski definition) is 0. The van der Waals surface area contributed by atoms with Gasteiger partial charge >= 0.3 is 0 Å². The van der Waals surface area contributed by atoms with Gasteiger partial charge in [0.2, 0.25) is 5.69 Å². The first-order chi connectivity index (χ1) is 10.4.